The lowest BCUT2D eigenvalue weighted by Gasteiger charge is -2.35. The van der Waals surface area contributed by atoms with Crippen LogP contribution in [-0.2, 0) is 17.9 Å². The number of benzene rings is 1. The summed E-state index contributed by atoms with van der Waals surface area (Å²) in [4.78, 5) is 20.7. The third kappa shape index (κ3) is 7.41. The molecule has 1 amide bonds. The van der Waals surface area contributed by atoms with Crippen molar-refractivity contribution in [2.75, 3.05) is 33.2 Å². The molecule has 0 bridgehead atoms. The number of hydrogen-bond acceptors (Lipinski definition) is 3. The topological polar surface area (TPSA) is 60.0 Å². The summed E-state index contributed by atoms with van der Waals surface area (Å²) in [5.41, 5.74) is 2.41. The number of aliphatic imine (C=N–C) groups is 1. The molecule has 0 radical (unpaired) electrons. The van der Waals surface area contributed by atoms with Crippen LogP contribution in [-0.4, -0.2) is 60.9 Å². The minimum Gasteiger partial charge on any atom is -0.355 e. The molecule has 1 unspecified atom stereocenters. The van der Waals surface area contributed by atoms with Gasteiger partial charge in [0.1, 0.15) is 0 Å². The number of amides is 1. The fraction of sp³-hybridized carbons (Fsp3) is 0.652. The Morgan fingerprint density at radius 3 is 2.53 bits per heavy atom. The van der Waals surface area contributed by atoms with Crippen molar-refractivity contribution in [2.45, 2.75) is 64.6 Å². The molecule has 2 aliphatic heterocycles. The average Bonchev–Trinajstić information content (AvgIpc) is 3.16. The van der Waals surface area contributed by atoms with Crippen LogP contribution < -0.4 is 10.6 Å². The molecule has 2 fully saturated rings. The van der Waals surface area contributed by atoms with Gasteiger partial charge in [-0.2, -0.15) is 0 Å². The molecule has 1 aromatic carbocycles. The highest BCUT2D eigenvalue weighted by molar-refractivity contribution is 14.0. The number of rotatable bonds is 8. The van der Waals surface area contributed by atoms with Crippen molar-refractivity contribution in [1.82, 2.24) is 20.4 Å². The van der Waals surface area contributed by atoms with E-state index in [-0.39, 0.29) is 29.9 Å². The molecule has 0 saturated carbocycles. The van der Waals surface area contributed by atoms with Crippen molar-refractivity contribution in [1.29, 1.82) is 0 Å². The normalized spacial score (nSPS) is 20.2. The zero-order valence-corrected chi connectivity index (χ0v) is 20.9. The lowest BCUT2D eigenvalue weighted by molar-refractivity contribution is -0.128. The molecule has 1 aromatic rings. The Hall–Kier alpha value is -1.35. The molecule has 1 atom stereocenters. The molecule has 0 aromatic heterocycles. The van der Waals surface area contributed by atoms with Crippen molar-refractivity contribution in [3.8, 4) is 0 Å². The van der Waals surface area contributed by atoms with Crippen LogP contribution in [0.3, 0.4) is 0 Å². The molecule has 2 N–H and O–H groups in total. The van der Waals surface area contributed by atoms with E-state index in [1.807, 2.05) is 11.9 Å². The number of guanidine groups is 1. The number of hydrogen-bond donors (Lipinski definition) is 2. The Kier molecular flexibility index (Phi) is 10.9. The zero-order chi connectivity index (χ0) is 20.5. The van der Waals surface area contributed by atoms with Gasteiger partial charge in [0.05, 0.1) is 0 Å². The molecule has 2 aliphatic rings. The predicted molar refractivity (Wildman–Crippen MR) is 134 cm³/mol. The Balaban J connectivity index is 0.00000320. The van der Waals surface area contributed by atoms with Gasteiger partial charge in [0.15, 0.2) is 5.96 Å². The number of carbonyl (C=O) groups excluding carboxylic acids is 1. The summed E-state index contributed by atoms with van der Waals surface area (Å²) < 4.78 is 0. The monoisotopic (exact) mass is 527 g/mol. The third-order valence-corrected chi connectivity index (χ3v) is 6.16. The van der Waals surface area contributed by atoms with Crippen LogP contribution in [0.5, 0.6) is 0 Å². The van der Waals surface area contributed by atoms with Gasteiger partial charge in [0.2, 0.25) is 5.91 Å². The van der Waals surface area contributed by atoms with E-state index in [1.54, 1.807) is 0 Å². The molecule has 0 aliphatic carbocycles. The van der Waals surface area contributed by atoms with Crippen LogP contribution in [0.2, 0.25) is 0 Å². The maximum Gasteiger partial charge on any atom is 0.222 e. The van der Waals surface area contributed by atoms with Gasteiger partial charge in [-0.15, -0.1) is 24.0 Å². The molecule has 2 saturated heterocycles. The average molecular weight is 527 g/mol. The minimum atomic E-state index is 0. The summed E-state index contributed by atoms with van der Waals surface area (Å²) in [6, 6.07) is 9.26. The van der Waals surface area contributed by atoms with Crippen molar-refractivity contribution < 1.29 is 4.79 Å². The molecule has 0 spiro atoms. The van der Waals surface area contributed by atoms with E-state index >= 15 is 0 Å². The van der Waals surface area contributed by atoms with E-state index in [1.165, 1.54) is 43.4 Å². The standard InChI is InChI=1S/C23H37N5O.HI/c1-3-21-7-4-5-14-27(21)16-13-25-23(24-2)26-17-19-9-11-20(12-10-19)18-28-15-6-8-22(28)29;/h9-12,21H,3-8,13-18H2,1-2H3,(H2,24,25,26);1H. The Bertz CT molecular complexity index is 679. The van der Waals surface area contributed by atoms with Crippen LogP contribution in [0.15, 0.2) is 29.3 Å². The van der Waals surface area contributed by atoms with Gasteiger partial charge >= 0.3 is 0 Å². The second-order valence-corrected chi connectivity index (χ2v) is 8.18. The van der Waals surface area contributed by atoms with Gasteiger partial charge in [-0.3, -0.25) is 14.7 Å². The van der Waals surface area contributed by atoms with E-state index < -0.39 is 0 Å². The van der Waals surface area contributed by atoms with Gasteiger partial charge in [0, 0.05) is 52.2 Å². The molecule has 7 heteroatoms. The molecular formula is C23H38IN5O. The maximum absolute atomic E-state index is 11.8. The second kappa shape index (κ2) is 13.1. The summed E-state index contributed by atoms with van der Waals surface area (Å²) >= 11 is 0. The Labute approximate surface area is 198 Å². The van der Waals surface area contributed by atoms with Crippen LogP contribution in [0.25, 0.3) is 0 Å². The molecular weight excluding hydrogens is 489 g/mol. The van der Waals surface area contributed by atoms with E-state index in [0.717, 1.165) is 51.1 Å². The van der Waals surface area contributed by atoms with Crippen molar-refractivity contribution in [3.05, 3.63) is 35.4 Å². The fourth-order valence-electron chi connectivity index (χ4n) is 4.40. The van der Waals surface area contributed by atoms with Gasteiger partial charge in [-0.1, -0.05) is 37.6 Å². The zero-order valence-electron chi connectivity index (χ0n) is 18.5. The number of likely N-dealkylation sites (tertiary alicyclic amines) is 2. The molecule has 168 valence electrons. The van der Waals surface area contributed by atoms with Crippen LogP contribution in [0.4, 0.5) is 0 Å². The van der Waals surface area contributed by atoms with Crippen molar-refractivity contribution in [2.24, 2.45) is 4.99 Å². The highest BCUT2D eigenvalue weighted by atomic mass is 127. The number of nitrogens with one attached hydrogen (secondary N) is 2. The molecule has 3 rings (SSSR count). The first-order chi connectivity index (χ1) is 14.2. The molecule has 2 heterocycles. The van der Waals surface area contributed by atoms with Gasteiger partial charge in [-0.05, 0) is 43.4 Å². The van der Waals surface area contributed by atoms with Crippen LogP contribution >= 0.6 is 24.0 Å². The van der Waals surface area contributed by atoms with E-state index in [9.17, 15) is 4.79 Å². The lowest BCUT2D eigenvalue weighted by atomic mass is 10.0. The molecule has 30 heavy (non-hydrogen) atoms. The number of halogens is 1. The Morgan fingerprint density at radius 1 is 1.10 bits per heavy atom. The first-order valence-corrected chi connectivity index (χ1v) is 11.2. The largest absolute Gasteiger partial charge is 0.355 e. The van der Waals surface area contributed by atoms with Gasteiger partial charge in [0.25, 0.3) is 0 Å². The summed E-state index contributed by atoms with van der Waals surface area (Å²) in [6.45, 7) is 7.87. The van der Waals surface area contributed by atoms with Crippen molar-refractivity contribution >= 4 is 35.8 Å². The quantitative estimate of drug-likeness (QED) is 0.309. The van der Waals surface area contributed by atoms with Gasteiger partial charge < -0.3 is 15.5 Å². The number of carbonyl (C=O) groups is 1. The highest BCUT2D eigenvalue weighted by Crippen LogP contribution is 2.18. The third-order valence-electron chi connectivity index (χ3n) is 6.16. The lowest BCUT2D eigenvalue weighted by Crippen LogP contribution is -2.45. The van der Waals surface area contributed by atoms with Crippen LogP contribution in [0.1, 0.15) is 56.6 Å². The smallest absolute Gasteiger partial charge is 0.222 e. The SMILES string of the molecule is CCC1CCCCN1CCNC(=NC)NCc1ccc(CN2CCCC2=O)cc1.I. The minimum absolute atomic E-state index is 0. The number of piperidine rings is 1. The van der Waals surface area contributed by atoms with Crippen molar-refractivity contribution in [3.63, 3.8) is 0 Å². The Morgan fingerprint density at radius 2 is 1.87 bits per heavy atom. The predicted octanol–water partition coefficient (Wildman–Crippen LogP) is 3.36. The molecule has 6 nitrogen and oxygen atoms in total. The summed E-state index contributed by atoms with van der Waals surface area (Å²) in [5, 5.41) is 6.85. The van der Waals surface area contributed by atoms with Crippen LogP contribution in [0, 0.1) is 0 Å². The van der Waals surface area contributed by atoms with Gasteiger partial charge in [-0.25, -0.2) is 0 Å². The van der Waals surface area contributed by atoms with E-state index in [0.29, 0.717) is 6.42 Å². The summed E-state index contributed by atoms with van der Waals surface area (Å²) in [5.74, 6) is 1.13. The first kappa shape index (κ1) is 24.9. The van der Waals surface area contributed by atoms with E-state index in [2.05, 4.69) is 51.7 Å². The number of nitrogens with zero attached hydrogens (tertiary/aromatic N) is 3. The summed E-state index contributed by atoms with van der Waals surface area (Å²) in [6.07, 6.45) is 6.97. The first-order valence-electron chi connectivity index (χ1n) is 11.2. The second-order valence-electron chi connectivity index (χ2n) is 8.18. The highest BCUT2D eigenvalue weighted by Gasteiger charge is 2.20. The summed E-state index contributed by atoms with van der Waals surface area (Å²) in [7, 11) is 1.82. The maximum atomic E-state index is 11.8. The van der Waals surface area contributed by atoms with E-state index in [4.69, 9.17) is 0 Å². The fourth-order valence-corrected chi connectivity index (χ4v) is 4.40.